The van der Waals surface area contributed by atoms with Gasteiger partial charge in [0.1, 0.15) is 46.4 Å². The van der Waals surface area contributed by atoms with Crippen LogP contribution in [-0.2, 0) is 4.79 Å². The maximum atomic E-state index is 14.4. The predicted molar refractivity (Wildman–Crippen MR) is 192 cm³/mol. The zero-order valence-electron chi connectivity index (χ0n) is 27.8. The molecule has 0 aliphatic carbocycles. The summed E-state index contributed by atoms with van der Waals surface area (Å²) in [5.41, 5.74) is 1.46. The number of nitrogens with zero attached hydrogens (tertiary/aromatic N) is 2. The summed E-state index contributed by atoms with van der Waals surface area (Å²) in [6.07, 6.45) is 2.75. The zero-order chi connectivity index (χ0) is 38.0. The Balaban J connectivity index is 0.000000201. The highest BCUT2D eigenvalue weighted by atomic mass is 79.9. The molecule has 6 rings (SSSR count). The molecule has 0 bridgehead atoms. The molecule has 1 aromatic heterocycles. The first-order chi connectivity index (χ1) is 24.6. The second-order valence-electron chi connectivity index (χ2n) is 11.6. The van der Waals surface area contributed by atoms with Gasteiger partial charge in [-0.1, -0.05) is 12.1 Å². The van der Waals surface area contributed by atoms with Gasteiger partial charge in [-0.25, -0.2) is 26.3 Å². The highest BCUT2D eigenvalue weighted by molar-refractivity contribution is 9.12. The summed E-state index contributed by atoms with van der Waals surface area (Å²) >= 11 is 6.34. The lowest BCUT2D eigenvalue weighted by atomic mass is 9.94. The second kappa shape index (κ2) is 15.8. The third-order valence-corrected chi connectivity index (χ3v) is 9.49. The van der Waals surface area contributed by atoms with Crippen LogP contribution >= 0.6 is 31.9 Å². The lowest BCUT2D eigenvalue weighted by Crippen LogP contribution is -2.32. The van der Waals surface area contributed by atoms with E-state index in [0.717, 1.165) is 17.2 Å². The summed E-state index contributed by atoms with van der Waals surface area (Å²) in [6.45, 7) is 3.64. The zero-order valence-corrected chi connectivity index (χ0v) is 31.0. The standard InChI is InChI=1S/C19H15BrF3NO2.C19H13BrF3NO2/c2*1-10-3-4-12(26-2)7-16(10)24-9-13(20)18(25)8-17(24)19-14(22)5-11(21)6-15(19)23/h3-7,9,17H,8H2,1-2H3;3-9H,1-2H3. The van der Waals surface area contributed by atoms with Gasteiger partial charge in [-0.3, -0.25) is 9.59 Å². The molecule has 0 saturated heterocycles. The van der Waals surface area contributed by atoms with Crippen LogP contribution in [0, 0.1) is 48.8 Å². The number of ether oxygens (including phenoxy) is 2. The fourth-order valence-electron chi connectivity index (χ4n) is 5.66. The van der Waals surface area contributed by atoms with E-state index in [-0.39, 0.29) is 27.9 Å². The van der Waals surface area contributed by atoms with Gasteiger partial charge >= 0.3 is 0 Å². The highest BCUT2D eigenvalue weighted by Crippen LogP contribution is 2.41. The number of methoxy groups -OCH3 is 2. The monoisotopic (exact) mass is 848 g/mol. The third kappa shape index (κ3) is 7.97. The SMILES string of the molecule is COc1ccc(C)c(-n2cc(Br)c(=O)cc2-c2c(F)cc(F)cc2F)c1.COc1ccc(C)c(N2C=C(Br)C(=O)CC2c2c(F)cc(F)cc2F)c1. The molecule has 0 fully saturated rings. The molecule has 52 heavy (non-hydrogen) atoms. The Morgan fingerprint density at radius 2 is 1.19 bits per heavy atom. The van der Waals surface area contributed by atoms with Crippen molar-refractivity contribution >= 4 is 43.3 Å². The molecule has 270 valence electrons. The van der Waals surface area contributed by atoms with E-state index in [1.165, 1.54) is 31.2 Å². The van der Waals surface area contributed by atoms with Crippen molar-refractivity contribution in [3.63, 3.8) is 0 Å². The minimum atomic E-state index is -1.10. The van der Waals surface area contributed by atoms with Crippen LogP contribution in [-0.4, -0.2) is 24.6 Å². The maximum Gasteiger partial charge on any atom is 0.196 e. The number of halogens is 8. The van der Waals surface area contributed by atoms with Crippen molar-refractivity contribution in [1.29, 1.82) is 0 Å². The normalized spacial score (nSPS) is 14.1. The van der Waals surface area contributed by atoms with Crippen molar-refractivity contribution in [2.24, 2.45) is 0 Å². The van der Waals surface area contributed by atoms with Crippen LogP contribution in [0.25, 0.3) is 16.9 Å². The number of carbonyl (C=O) groups is 1. The van der Waals surface area contributed by atoms with Crippen molar-refractivity contribution in [2.75, 3.05) is 19.1 Å². The largest absolute Gasteiger partial charge is 0.497 e. The van der Waals surface area contributed by atoms with Gasteiger partial charge in [0.15, 0.2) is 11.2 Å². The van der Waals surface area contributed by atoms with E-state index in [1.54, 1.807) is 41.3 Å². The van der Waals surface area contributed by atoms with Crippen LogP contribution in [0.4, 0.5) is 32.0 Å². The van der Waals surface area contributed by atoms with Crippen LogP contribution in [0.2, 0.25) is 0 Å². The molecule has 1 aliphatic rings. The van der Waals surface area contributed by atoms with Gasteiger partial charge in [-0.05, 0) is 69.0 Å². The Morgan fingerprint density at radius 3 is 1.73 bits per heavy atom. The van der Waals surface area contributed by atoms with Crippen LogP contribution in [0.1, 0.15) is 29.2 Å². The van der Waals surface area contributed by atoms with Crippen molar-refractivity contribution in [2.45, 2.75) is 26.3 Å². The Hall–Kier alpha value is -4.82. The van der Waals surface area contributed by atoms with E-state index < -0.39 is 51.9 Å². The molecule has 0 radical (unpaired) electrons. The molecule has 0 saturated carbocycles. The summed E-state index contributed by atoms with van der Waals surface area (Å²) in [6, 6.07) is 13.0. The smallest absolute Gasteiger partial charge is 0.196 e. The quantitative estimate of drug-likeness (QED) is 0.159. The average molecular weight is 850 g/mol. The lowest BCUT2D eigenvalue weighted by molar-refractivity contribution is -0.115. The highest BCUT2D eigenvalue weighted by Gasteiger charge is 2.34. The number of benzene rings is 4. The van der Waals surface area contributed by atoms with Gasteiger partial charge in [0.2, 0.25) is 0 Å². The van der Waals surface area contributed by atoms with E-state index in [0.29, 0.717) is 51.6 Å². The van der Waals surface area contributed by atoms with Crippen molar-refractivity contribution in [1.82, 2.24) is 4.57 Å². The number of aromatic nitrogens is 1. The van der Waals surface area contributed by atoms with E-state index in [9.17, 15) is 35.9 Å². The van der Waals surface area contributed by atoms with Gasteiger partial charge in [0.05, 0.1) is 46.2 Å². The molecule has 2 heterocycles. The molecule has 5 aromatic rings. The molecule has 0 spiro atoms. The van der Waals surface area contributed by atoms with E-state index in [4.69, 9.17) is 9.47 Å². The number of ketones is 1. The van der Waals surface area contributed by atoms with Crippen LogP contribution in [0.3, 0.4) is 0 Å². The molecule has 1 atom stereocenters. The molecule has 1 aliphatic heterocycles. The third-order valence-electron chi connectivity index (χ3n) is 8.25. The predicted octanol–water partition coefficient (Wildman–Crippen LogP) is 10.2. The molecule has 0 N–H and O–H groups in total. The Morgan fingerprint density at radius 1 is 0.692 bits per heavy atom. The number of Topliss-reactive ketones (excluding diaryl/α,β-unsaturated/α-hetero) is 1. The summed E-state index contributed by atoms with van der Waals surface area (Å²) in [7, 11) is 3.01. The van der Waals surface area contributed by atoms with E-state index in [2.05, 4.69) is 31.9 Å². The van der Waals surface area contributed by atoms with Crippen LogP contribution in [0.5, 0.6) is 11.5 Å². The summed E-state index contributed by atoms with van der Waals surface area (Å²) in [4.78, 5) is 25.9. The number of hydrogen-bond donors (Lipinski definition) is 0. The number of carbonyl (C=O) groups excluding carboxylic acids is 1. The number of aryl methyl sites for hydroxylation is 2. The summed E-state index contributed by atoms with van der Waals surface area (Å²) in [5.74, 6) is -5.50. The first-order valence-corrected chi connectivity index (χ1v) is 16.9. The molecule has 6 nitrogen and oxygen atoms in total. The lowest BCUT2D eigenvalue weighted by Gasteiger charge is -2.35. The molecule has 1 unspecified atom stereocenters. The van der Waals surface area contributed by atoms with E-state index in [1.807, 2.05) is 13.8 Å². The van der Waals surface area contributed by atoms with Crippen molar-refractivity contribution in [3.05, 3.63) is 150 Å². The fraction of sp³-hybridized carbons (Fsp3) is 0.158. The molecule has 14 heteroatoms. The summed E-state index contributed by atoms with van der Waals surface area (Å²) < 4.78 is 96.4. The Kier molecular flexibility index (Phi) is 11.7. The number of rotatable bonds is 6. The Labute approximate surface area is 311 Å². The Bertz CT molecular complexity index is 2250. The summed E-state index contributed by atoms with van der Waals surface area (Å²) in [5, 5.41) is 0. The first kappa shape index (κ1) is 38.4. The molecule has 4 aromatic carbocycles. The maximum absolute atomic E-state index is 14.4. The minimum Gasteiger partial charge on any atom is -0.497 e. The number of hydrogen-bond acceptors (Lipinski definition) is 5. The molecular formula is C38H28Br2F6N2O4. The fourth-order valence-corrected chi connectivity index (χ4v) is 6.37. The van der Waals surface area contributed by atoms with E-state index >= 15 is 0 Å². The first-order valence-electron chi connectivity index (χ1n) is 15.3. The topological polar surface area (TPSA) is 60.8 Å². The average Bonchev–Trinajstić information content (AvgIpc) is 3.08. The number of allylic oxidation sites excluding steroid dienone is 1. The van der Waals surface area contributed by atoms with Gasteiger partial charge in [0, 0.05) is 72.5 Å². The molecule has 0 amide bonds. The van der Waals surface area contributed by atoms with Gasteiger partial charge < -0.3 is 18.9 Å². The minimum absolute atomic E-state index is 0.0375. The van der Waals surface area contributed by atoms with Crippen LogP contribution < -0.4 is 19.8 Å². The van der Waals surface area contributed by atoms with Gasteiger partial charge in [-0.15, -0.1) is 0 Å². The van der Waals surface area contributed by atoms with Crippen molar-refractivity contribution in [3.8, 4) is 28.4 Å². The van der Waals surface area contributed by atoms with Crippen LogP contribution in [0.15, 0.2) is 92.9 Å². The number of pyridine rings is 1. The van der Waals surface area contributed by atoms with Crippen molar-refractivity contribution < 1.29 is 40.6 Å². The molecular weight excluding hydrogens is 822 g/mol. The van der Waals surface area contributed by atoms with Gasteiger partial charge in [0.25, 0.3) is 0 Å². The second-order valence-corrected chi connectivity index (χ2v) is 13.3. The van der Waals surface area contributed by atoms with Gasteiger partial charge in [-0.2, -0.15) is 0 Å². The number of anilines is 1.